The highest BCUT2D eigenvalue weighted by Crippen LogP contribution is 2.37. The summed E-state index contributed by atoms with van der Waals surface area (Å²) in [6.07, 6.45) is -3.41. The van der Waals surface area contributed by atoms with Gasteiger partial charge in [-0.15, -0.1) is 0 Å². The topological polar surface area (TPSA) is 82.6 Å². The first-order chi connectivity index (χ1) is 19.0. The second-order valence-electron chi connectivity index (χ2n) is 9.36. The number of carbonyl (C=O) groups excluding carboxylic acids is 1. The van der Waals surface area contributed by atoms with Gasteiger partial charge < -0.3 is 4.90 Å². The molecule has 1 amide bonds. The Kier molecular flexibility index (Phi) is 7.47. The summed E-state index contributed by atoms with van der Waals surface area (Å²) >= 11 is 0. The van der Waals surface area contributed by atoms with Crippen LogP contribution in [-0.2, 0) is 22.7 Å². The van der Waals surface area contributed by atoms with Crippen LogP contribution in [0.4, 0.5) is 23.2 Å². The molecular weight excluding hydrogens is 548 g/mol. The number of halogens is 4. The van der Waals surface area contributed by atoms with E-state index >= 15 is 0 Å². The van der Waals surface area contributed by atoms with Crippen molar-refractivity contribution in [3.63, 3.8) is 0 Å². The van der Waals surface area contributed by atoms with E-state index in [0.717, 1.165) is 12.1 Å². The first-order valence-corrected chi connectivity index (χ1v) is 13.8. The average molecular weight is 573 g/mol. The first-order valence-electron chi connectivity index (χ1n) is 12.4. The minimum Gasteiger partial charge on any atom is -0.336 e. The Bertz CT molecular complexity index is 1660. The zero-order valence-electron chi connectivity index (χ0n) is 21.0. The number of fused-ring (bicyclic) bond motifs is 1. The molecule has 0 spiro atoms. The minimum atomic E-state index is -4.82. The highest BCUT2D eigenvalue weighted by Gasteiger charge is 2.35. The summed E-state index contributed by atoms with van der Waals surface area (Å²) in [6.45, 7) is 1.49. The maximum absolute atomic E-state index is 14.0. The quantitative estimate of drug-likeness (QED) is 0.323. The average Bonchev–Trinajstić information content (AvgIpc) is 2.93. The molecule has 1 aliphatic rings. The smallest absolute Gasteiger partial charge is 0.336 e. The van der Waals surface area contributed by atoms with Crippen LogP contribution in [0.25, 0.3) is 10.9 Å². The van der Waals surface area contributed by atoms with E-state index in [4.69, 9.17) is 0 Å². The van der Waals surface area contributed by atoms with Gasteiger partial charge in [0.2, 0.25) is 0 Å². The predicted octanol–water partition coefficient (Wildman–Crippen LogP) is 5.15. The molecule has 7 nitrogen and oxygen atoms in total. The molecule has 0 aliphatic carbocycles. The number of sulfonamides is 1. The number of piperazine rings is 1. The number of rotatable bonds is 6. The molecule has 0 atom stereocenters. The van der Waals surface area contributed by atoms with Crippen molar-refractivity contribution in [2.75, 3.05) is 30.9 Å². The number of para-hydroxylation sites is 1. The molecule has 5 rings (SSSR count). The van der Waals surface area contributed by atoms with Gasteiger partial charge in [-0.25, -0.2) is 12.8 Å². The maximum atomic E-state index is 14.0. The molecule has 1 saturated heterocycles. The molecule has 208 valence electrons. The lowest BCUT2D eigenvalue weighted by Gasteiger charge is -2.35. The summed E-state index contributed by atoms with van der Waals surface area (Å²) in [6, 6.07) is 16.9. The van der Waals surface area contributed by atoms with Gasteiger partial charge in [-0.2, -0.15) is 13.2 Å². The Balaban J connectivity index is 1.32. The van der Waals surface area contributed by atoms with Crippen LogP contribution in [0.3, 0.4) is 0 Å². The Morgan fingerprint density at radius 2 is 1.65 bits per heavy atom. The van der Waals surface area contributed by atoms with E-state index in [2.05, 4.69) is 9.71 Å². The standard InChI is InChI=1S/C28H24F4N4O3S/c29-23-8-2-1-7-21(23)27(37)36-15-13-35(14-16-36)18-19-10-11-24(22(17-19)28(30,31)32)34-40(38,39)25-9-3-5-20-6-4-12-33-26(20)25/h1-12,17,34H,13-16,18H2. The predicted molar refractivity (Wildman–Crippen MR) is 142 cm³/mol. The van der Waals surface area contributed by atoms with Crippen LogP contribution in [0.1, 0.15) is 21.5 Å². The zero-order valence-corrected chi connectivity index (χ0v) is 21.8. The normalized spacial score (nSPS) is 14.8. The van der Waals surface area contributed by atoms with Crippen molar-refractivity contribution in [3.05, 3.63) is 102 Å². The minimum absolute atomic E-state index is 0.0249. The number of pyridine rings is 1. The molecule has 3 aromatic carbocycles. The van der Waals surface area contributed by atoms with Gasteiger partial charge in [0.25, 0.3) is 15.9 Å². The van der Waals surface area contributed by atoms with Gasteiger partial charge in [0.1, 0.15) is 10.7 Å². The van der Waals surface area contributed by atoms with Gasteiger partial charge >= 0.3 is 6.18 Å². The molecule has 12 heteroatoms. The summed E-state index contributed by atoms with van der Waals surface area (Å²) in [5, 5.41) is 0.535. The number of carbonyl (C=O) groups is 1. The highest BCUT2D eigenvalue weighted by molar-refractivity contribution is 7.93. The van der Waals surface area contributed by atoms with Crippen molar-refractivity contribution in [3.8, 4) is 0 Å². The molecule has 1 N–H and O–H groups in total. The number of benzene rings is 3. The van der Waals surface area contributed by atoms with E-state index in [1.54, 1.807) is 24.3 Å². The van der Waals surface area contributed by atoms with Crippen molar-refractivity contribution in [2.45, 2.75) is 17.6 Å². The molecule has 1 fully saturated rings. The van der Waals surface area contributed by atoms with Gasteiger partial charge in [-0.1, -0.05) is 36.4 Å². The van der Waals surface area contributed by atoms with Gasteiger partial charge in [-0.3, -0.25) is 19.4 Å². The lowest BCUT2D eigenvalue weighted by Crippen LogP contribution is -2.48. The Morgan fingerprint density at radius 3 is 2.38 bits per heavy atom. The number of amides is 1. The van der Waals surface area contributed by atoms with Crippen LogP contribution in [0.15, 0.2) is 83.9 Å². The molecule has 4 aromatic rings. The highest BCUT2D eigenvalue weighted by atomic mass is 32.2. The van der Waals surface area contributed by atoms with Crippen molar-refractivity contribution in [2.24, 2.45) is 0 Å². The summed E-state index contributed by atoms with van der Waals surface area (Å²) in [5.74, 6) is -1.04. The van der Waals surface area contributed by atoms with Crippen molar-refractivity contribution in [1.82, 2.24) is 14.8 Å². The van der Waals surface area contributed by atoms with Crippen molar-refractivity contribution in [1.29, 1.82) is 0 Å². The Labute approximate surface area is 228 Å². The largest absolute Gasteiger partial charge is 0.418 e. The van der Waals surface area contributed by atoms with Crippen LogP contribution < -0.4 is 4.72 Å². The third-order valence-electron chi connectivity index (χ3n) is 6.69. The lowest BCUT2D eigenvalue weighted by atomic mass is 10.1. The van der Waals surface area contributed by atoms with Gasteiger partial charge in [0.05, 0.1) is 22.3 Å². The fraction of sp³-hybridized carbons (Fsp3) is 0.214. The number of alkyl halides is 3. The molecular formula is C28H24F4N4O3S. The Hall–Kier alpha value is -4.03. The number of nitrogens with one attached hydrogen (secondary N) is 1. The van der Waals surface area contributed by atoms with Gasteiger partial charge in [0, 0.05) is 44.3 Å². The van der Waals surface area contributed by atoms with E-state index in [9.17, 15) is 30.8 Å². The first kappa shape index (κ1) is 27.5. The number of anilines is 1. The number of hydrogen-bond acceptors (Lipinski definition) is 5. The van der Waals surface area contributed by atoms with Crippen LogP contribution in [0, 0.1) is 5.82 Å². The fourth-order valence-corrected chi connectivity index (χ4v) is 5.94. The molecule has 0 radical (unpaired) electrons. The maximum Gasteiger partial charge on any atom is 0.418 e. The van der Waals surface area contributed by atoms with E-state index in [0.29, 0.717) is 24.0 Å². The molecule has 1 aromatic heterocycles. The molecule has 0 saturated carbocycles. The van der Waals surface area contributed by atoms with E-state index < -0.39 is 39.2 Å². The van der Waals surface area contributed by atoms with Crippen LogP contribution in [0.2, 0.25) is 0 Å². The number of aromatic nitrogens is 1. The molecule has 2 heterocycles. The summed E-state index contributed by atoms with van der Waals surface area (Å²) in [4.78, 5) is 19.9. The SMILES string of the molecule is O=C(c1ccccc1F)N1CCN(Cc2ccc(NS(=O)(=O)c3cccc4cccnc34)c(C(F)(F)F)c2)CC1. The van der Waals surface area contributed by atoms with Crippen LogP contribution in [0.5, 0.6) is 0 Å². The zero-order chi connectivity index (χ0) is 28.5. The van der Waals surface area contributed by atoms with Gasteiger partial charge in [-0.05, 0) is 42.0 Å². The fourth-order valence-electron chi connectivity index (χ4n) is 4.68. The third-order valence-corrected chi connectivity index (χ3v) is 8.09. The second kappa shape index (κ2) is 10.9. The molecule has 1 aliphatic heterocycles. The Morgan fingerprint density at radius 1 is 0.925 bits per heavy atom. The van der Waals surface area contributed by atoms with E-state index in [-0.39, 0.29) is 35.6 Å². The summed E-state index contributed by atoms with van der Waals surface area (Å²) in [5.41, 5.74) is -1.26. The third kappa shape index (κ3) is 5.77. The molecule has 0 bridgehead atoms. The second-order valence-corrected chi connectivity index (χ2v) is 11.0. The van der Waals surface area contributed by atoms with Crippen LogP contribution in [-0.4, -0.2) is 55.3 Å². The van der Waals surface area contributed by atoms with Crippen molar-refractivity contribution >= 4 is 32.5 Å². The van der Waals surface area contributed by atoms with Crippen molar-refractivity contribution < 1.29 is 30.8 Å². The van der Waals surface area contributed by atoms with Gasteiger partial charge in [0.15, 0.2) is 0 Å². The summed E-state index contributed by atoms with van der Waals surface area (Å²) in [7, 11) is -4.39. The van der Waals surface area contributed by atoms with E-state index in [1.807, 2.05) is 4.90 Å². The molecule has 0 unspecified atom stereocenters. The number of hydrogen-bond donors (Lipinski definition) is 1. The van der Waals surface area contributed by atoms with E-state index in [1.165, 1.54) is 47.5 Å². The number of nitrogens with zero attached hydrogens (tertiary/aromatic N) is 3. The molecule has 40 heavy (non-hydrogen) atoms. The van der Waals surface area contributed by atoms with Crippen LogP contribution >= 0.6 is 0 Å². The monoisotopic (exact) mass is 572 g/mol. The summed E-state index contributed by atoms with van der Waals surface area (Å²) < 4.78 is 84.4. The lowest BCUT2D eigenvalue weighted by molar-refractivity contribution is -0.137.